The fourth-order valence-corrected chi connectivity index (χ4v) is 3.34. The molecule has 1 saturated carbocycles. The van der Waals surface area contributed by atoms with Gasteiger partial charge in [0.1, 0.15) is 5.75 Å². The normalized spacial score (nSPS) is 19.8. The zero-order chi connectivity index (χ0) is 15.1. The quantitative estimate of drug-likeness (QED) is 0.790. The first-order valence-corrected chi connectivity index (χ1v) is 8.17. The maximum absolute atomic E-state index is 9.91. The Bertz CT molecular complexity index is 427. The van der Waals surface area contributed by atoms with Crippen molar-refractivity contribution in [3.8, 4) is 5.75 Å². The molecule has 1 atom stereocenters. The molecule has 0 saturated heterocycles. The van der Waals surface area contributed by atoms with E-state index in [0.717, 1.165) is 17.7 Å². The van der Waals surface area contributed by atoms with E-state index < -0.39 is 0 Å². The Morgan fingerprint density at radius 2 is 1.86 bits per heavy atom. The standard InChI is InChI=1S/C18H29NO2/c1-18(14-20,19-16-10-5-3-4-6-11-16)13-15-9-7-8-12-17(15)21-2/h7-9,12,16,19-20H,3-6,10-11,13-14H2,1-2H3. The average molecular weight is 291 g/mol. The van der Waals surface area contributed by atoms with Gasteiger partial charge in [-0.3, -0.25) is 0 Å². The van der Waals surface area contributed by atoms with Crippen molar-refractivity contribution < 1.29 is 9.84 Å². The Hall–Kier alpha value is -1.06. The highest BCUT2D eigenvalue weighted by Gasteiger charge is 2.28. The van der Waals surface area contributed by atoms with E-state index in [9.17, 15) is 5.11 Å². The third-order valence-electron chi connectivity index (χ3n) is 4.53. The predicted molar refractivity (Wildman–Crippen MR) is 86.8 cm³/mol. The zero-order valence-electron chi connectivity index (χ0n) is 13.4. The van der Waals surface area contributed by atoms with E-state index in [1.54, 1.807) is 7.11 Å². The van der Waals surface area contributed by atoms with Crippen LogP contribution in [0.2, 0.25) is 0 Å². The van der Waals surface area contributed by atoms with Crippen molar-refractivity contribution in [2.45, 2.75) is 63.5 Å². The lowest BCUT2D eigenvalue weighted by Crippen LogP contribution is -2.52. The van der Waals surface area contributed by atoms with Gasteiger partial charge in [0, 0.05) is 11.6 Å². The lowest BCUT2D eigenvalue weighted by Gasteiger charge is -2.34. The lowest BCUT2D eigenvalue weighted by molar-refractivity contribution is 0.155. The minimum Gasteiger partial charge on any atom is -0.496 e. The molecule has 118 valence electrons. The fraction of sp³-hybridized carbons (Fsp3) is 0.667. The number of methoxy groups -OCH3 is 1. The Morgan fingerprint density at radius 1 is 1.19 bits per heavy atom. The van der Waals surface area contributed by atoms with E-state index >= 15 is 0 Å². The lowest BCUT2D eigenvalue weighted by atomic mass is 9.91. The first-order chi connectivity index (χ1) is 10.2. The first-order valence-electron chi connectivity index (χ1n) is 8.17. The fourth-order valence-electron chi connectivity index (χ4n) is 3.34. The molecule has 1 aliphatic rings. The first kappa shape index (κ1) is 16.3. The van der Waals surface area contributed by atoms with E-state index in [0.29, 0.717) is 6.04 Å². The molecule has 1 unspecified atom stereocenters. The second-order valence-corrected chi connectivity index (χ2v) is 6.54. The smallest absolute Gasteiger partial charge is 0.122 e. The van der Waals surface area contributed by atoms with E-state index in [4.69, 9.17) is 4.74 Å². The summed E-state index contributed by atoms with van der Waals surface area (Å²) in [5.41, 5.74) is 0.863. The summed E-state index contributed by atoms with van der Waals surface area (Å²) in [7, 11) is 1.70. The van der Waals surface area contributed by atoms with Crippen LogP contribution in [0.1, 0.15) is 51.0 Å². The molecule has 1 aromatic rings. The number of aliphatic hydroxyl groups excluding tert-OH is 1. The molecule has 0 aliphatic heterocycles. The zero-order valence-corrected chi connectivity index (χ0v) is 13.4. The average Bonchev–Trinajstić information content (AvgIpc) is 2.76. The SMILES string of the molecule is COc1ccccc1CC(C)(CO)NC1CCCCCC1. The Kier molecular flexibility index (Phi) is 6.07. The van der Waals surface area contributed by atoms with Crippen molar-refractivity contribution in [3.05, 3.63) is 29.8 Å². The van der Waals surface area contributed by atoms with E-state index in [1.807, 2.05) is 18.2 Å². The molecule has 0 spiro atoms. The van der Waals surface area contributed by atoms with Crippen molar-refractivity contribution in [2.24, 2.45) is 0 Å². The molecule has 1 aromatic carbocycles. The van der Waals surface area contributed by atoms with Crippen LogP contribution in [-0.2, 0) is 6.42 Å². The number of ether oxygens (including phenoxy) is 1. The molecule has 0 radical (unpaired) electrons. The van der Waals surface area contributed by atoms with Crippen molar-refractivity contribution in [1.82, 2.24) is 5.32 Å². The Labute approximate surface area is 128 Å². The second-order valence-electron chi connectivity index (χ2n) is 6.54. The van der Waals surface area contributed by atoms with Gasteiger partial charge in [-0.1, -0.05) is 43.9 Å². The van der Waals surface area contributed by atoms with Gasteiger partial charge in [-0.15, -0.1) is 0 Å². The third-order valence-corrected chi connectivity index (χ3v) is 4.53. The van der Waals surface area contributed by atoms with Gasteiger partial charge in [-0.2, -0.15) is 0 Å². The van der Waals surface area contributed by atoms with Gasteiger partial charge in [0.2, 0.25) is 0 Å². The number of hydrogen-bond acceptors (Lipinski definition) is 3. The van der Waals surface area contributed by atoms with Gasteiger partial charge in [0.05, 0.1) is 13.7 Å². The summed E-state index contributed by atoms with van der Waals surface area (Å²) < 4.78 is 5.44. The largest absolute Gasteiger partial charge is 0.496 e. The summed E-state index contributed by atoms with van der Waals surface area (Å²) in [6, 6.07) is 8.61. The van der Waals surface area contributed by atoms with Crippen LogP contribution in [0.3, 0.4) is 0 Å². The molecule has 2 N–H and O–H groups in total. The maximum atomic E-state index is 9.91. The number of aliphatic hydroxyl groups is 1. The van der Waals surface area contributed by atoms with E-state index in [2.05, 4.69) is 18.3 Å². The number of hydrogen-bond donors (Lipinski definition) is 2. The van der Waals surface area contributed by atoms with Crippen LogP contribution in [-0.4, -0.2) is 30.4 Å². The highest BCUT2D eigenvalue weighted by Crippen LogP contribution is 2.25. The van der Waals surface area contributed by atoms with E-state index in [-0.39, 0.29) is 12.1 Å². The summed E-state index contributed by atoms with van der Waals surface area (Å²) in [4.78, 5) is 0. The molecule has 0 heterocycles. The minimum absolute atomic E-state index is 0.140. The highest BCUT2D eigenvalue weighted by molar-refractivity contribution is 5.34. The molecular weight excluding hydrogens is 262 g/mol. The van der Waals surface area contributed by atoms with Crippen LogP contribution in [0.25, 0.3) is 0 Å². The highest BCUT2D eigenvalue weighted by atomic mass is 16.5. The summed E-state index contributed by atoms with van der Waals surface area (Å²) >= 11 is 0. The molecule has 1 fully saturated rings. The molecular formula is C18H29NO2. The van der Waals surface area contributed by atoms with Gasteiger partial charge in [-0.25, -0.2) is 0 Å². The van der Waals surface area contributed by atoms with Crippen molar-refractivity contribution in [2.75, 3.05) is 13.7 Å². The van der Waals surface area contributed by atoms with Crippen LogP contribution in [0.15, 0.2) is 24.3 Å². The van der Waals surface area contributed by atoms with Gasteiger partial charge >= 0.3 is 0 Å². The number of para-hydroxylation sites is 1. The Balaban J connectivity index is 2.05. The van der Waals surface area contributed by atoms with Crippen LogP contribution >= 0.6 is 0 Å². The maximum Gasteiger partial charge on any atom is 0.122 e. The molecule has 3 nitrogen and oxygen atoms in total. The summed E-state index contributed by atoms with van der Waals surface area (Å²) in [6.07, 6.45) is 8.52. The van der Waals surface area contributed by atoms with Crippen LogP contribution in [0.5, 0.6) is 5.75 Å². The molecule has 21 heavy (non-hydrogen) atoms. The Morgan fingerprint density at radius 3 is 2.48 bits per heavy atom. The van der Waals surface area contributed by atoms with Crippen LogP contribution < -0.4 is 10.1 Å². The van der Waals surface area contributed by atoms with Crippen LogP contribution in [0.4, 0.5) is 0 Å². The summed E-state index contributed by atoms with van der Waals surface area (Å²) in [5, 5.41) is 13.6. The predicted octanol–water partition coefficient (Wildman–Crippen LogP) is 3.30. The second kappa shape index (κ2) is 7.81. The van der Waals surface area contributed by atoms with Gasteiger partial charge < -0.3 is 15.2 Å². The topological polar surface area (TPSA) is 41.5 Å². The van der Waals surface area contributed by atoms with Crippen molar-refractivity contribution in [3.63, 3.8) is 0 Å². The van der Waals surface area contributed by atoms with Gasteiger partial charge in [0.15, 0.2) is 0 Å². The third kappa shape index (κ3) is 4.72. The van der Waals surface area contributed by atoms with Crippen molar-refractivity contribution >= 4 is 0 Å². The number of nitrogens with one attached hydrogen (secondary N) is 1. The molecule has 0 aromatic heterocycles. The minimum atomic E-state index is -0.288. The molecule has 1 aliphatic carbocycles. The van der Waals surface area contributed by atoms with Gasteiger partial charge in [0.25, 0.3) is 0 Å². The molecule has 2 rings (SSSR count). The monoisotopic (exact) mass is 291 g/mol. The summed E-state index contributed by atoms with van der Waals surface area (Å²) in [6.45, 7) is 2.26. The van der Waals surface area contributed by atoms with Gasteiger partial charge in [-0.05, 0) is 37.8 Å². The molecule has 0 amide bonds. The molecule has 3 heteroatoms. The number of rotatable bonds is 6. The molecule has 0 bridgehead atoms. The summed E-state index contributed by atoms with van der Waals surface area (Å²) in [5.74, 6) is 0.903. The van der Waals surface area contributed by atoms with Crippen molar-refractivity contribution in [1.29, 1.82) is 0 Å². The number of benzene rings is 1. The van der Waals surface area contributed by atoms with E-state index in [1.165, 1.54) is 38.5 Å². The van der Waals surface area contributed by atoms with Crippen LogP contribution in [0, 0.1) is 0 Å².